The van der Waals surface area contributed by atoms with E-state index in [2.05, 4.69) is 11.9 Å². The molecule has 1 heterocycles. The predicted molar refractivity (Wildman–Crippen MR) is 64.1 cm³/mol. The molecule has 1 rings (SSSR count). The number of rotatable bonds is 7. The van der Waals surface area contributed by atoms with Crippen LogP contribution in [-0.4, -0.2) is 25.1 Å². The standard InChI is InChI=1S/C12H16N2O3/c1-3-5-11(8-13-10-15)6-4-7-12-9-14(2)17-16-12/h3-6,9-10H,1,7-8H2,2H3,(H,13,15)/b6-4-,11-5+. The Hall–Kier alpha value is -2.01. The Balaban J connectivity index is 2.44. The summed E-state index contributed by atoms with van der Waals surface area (Å²) in [6, 6.07) is 0. The van der Waals surface area contributed by atoms with E-state index >= 15 is 0 Å². The zero-order valence-corrected chi connectivity index (χ0v) is 9.76. The molecule has 1 amide bonds. The van der Waals surface area contributed by atoms with Gasteiger partial charge in [0.05, 0.1) is 6.20 Å². The zero-order valence-electron chi connectivity index (χ0n) is 9.76. The van der Waals surface area contributed by atoms with Gasteiger partial charge in [0.15, 0.2) is 5.76 Å². The second kappa shape index (κ2) is 7.29. The lowest BCUT2D eigenvalue weighted by Gasteiger charge is -2.00. The predicted octanol–water partition coefficient (Wildman–Crippen LogP) is 1.44. The van der Waals surface area contributed by atoms with Gasteiger partial charge in [0.2, 0.25) is 6.41 Å². The maximum absolute atomic E-state index is 10.2. The number of hydrogen-bond donors (Lipinski definition) is 1. The third-order valence-electron chi connectivity index (χ3n) is 1.96. The minimum atomic E-state index is 0.475. The summed E-state index contributed by atoms with van der Waals surface area (Å²) in [6.07, 6.45) is 10.4. The molecule has 0 atom stereocenters. The van der Waals surface area contributed by atoms with Gasteiger partial charge in [-0.2, -0.15) is 0 Å². The summed E-state index contributed by atoms with van der Waals surface area (Å²) >= 11 is 0. The van der Waals surface area contributed by atoms with E-state index in [-0.39, 0.29) is 0 Å². The first-order valence-electron chi connectivity index (χ1n) is 5.19. The van der Waals surface area contributed by atoms with Crippen molar-refractivity contribution in [3.05, 3.63) is 48.4 Å². The Bertz CT molecular complexity index is 359. The summed E-state index contributed by atoms with van der Waals surface area (Å²) in [4.78, 5) is 19.9. The van der Waals surface area contributed by atoms with E-state index in [4.69, 9.17) is 9.88 Å². The summed E-state index contributed by atoms with van der Waals surface area (Å²) in [5.41, 5.74) is 0.958. The monoisotopic (exact) mass is 236 g/mol. The number of hydrogen-bond acceptors (Lipinski definition) is 4. The molecule has 0 spiro atoms. The molecular weight excluding hydrogens is 220 g/mol. The SMILES string of the molecule is C=C/C=C(\C=C/CC1=CN(C)OO1)CNC=O. The van der Waals surface area contributed by atoms with Crippen molar-refractivity contribution in [1.82, 2.24) is 10.4 Å². The van der Waals surface area contributed by atoms with Crippen molar-refractivity contribution in [2.45, 2.75) is 6.42 Å². The fraction of sp³-hybridized carbons (Fsp3) is 0.250. The Morgan fingerprint density at radius 3 is 3.06 bits per heavy atom. The molecule has 0 aromatic heterocycles. The maximum Gasteiger partial charge on any atom is 0.207 e. The summed E-state index contributed by atoms with van der Waals surface area (Å²) in [7, 11) is 1.74. The molecule has 1 aliphatic rings. The molecule has 0 fully saturated rings. The van der Waals surface area contributed by atoms with Crippen LogP contribution in [0.5, 0.6) is 0 Å². The van der Waals surface area contributed by atoms with Crippen molar-refractivity contribution in [2.24, 2.45) is 0 Å². The largest absolute Gasteiger partial charge is 0.355 e. The van der Waals surface area contributed by atoms with Crippen LogP contribution in [0.1, 0.15) is 6.42 Å². The number of allylic oxidation sites excluding steroid dienone is 3. The van der Waals surface area contributed by atoms with Crippen LogP contribution in [0.2, 0.25) is 0 Å². The van der Waals surface area contributed by atoms with Crippen LogP contribution in [-0.2, 0) is 14.7 Å². The number of carbonyl (C=O) groups is 1. The van der Waals surface area contributed by atoms with Crippen molar-refractivity contribution in [2.75, 3.05) is 13.6 Å². The van der Waals surface area contributed by atoms with Crippen molar-refractivity contribution >= 4 is 6.41 Å². The Morgan fingerprint density at radius 2 is 2.47 bits per heavy atom. The van der Waals surface area contributed by atoms with Gasteiger partial charge >= 0.3 is 0 Å². The second-order valence-electron chi connectivity index (χ2n) is 3.38. The van der Waals surface area contributed by atoms with Gasteiger partial charge < -0.3 is 10.2 Å². The normalized spacial score (nSPS) is 15.7. The molecule has 0 aromatic carbocycles. The Labute approximate surface area is 101 Å². The molecule has 0 saturated heterocycles. The number of nitrogens with zero attached hydrogens (tertiary/aromatic N) is 1. The van der Waals surface area contributed by atoms with Crippen LogP contribution in [0.25, 0.3) is 0 Å². The summed E-state index contributed by atoms with van der Waals surface area (Å²) < 4.78 is 0. The van der Waals surface area contributed by atoms with E-state index in [1.165, 1.54) is 5.06 Å². The van der Waals surface area contributed by atoms with Crippen LogP contribution >= 0.6 is 0 Å². The first-order valence-corrected chi connectivity index (χ1v) is 5.19. The summed E-state index contributed by atoms with van der Waals surface area (Å²) in [6.45, 7) is 4.09. The lowest BCUT2D eigenvalue weighted by molar-refractivity contribution is -0.355. The van der Waals surface area contributed by atoms with E-state index < -0.39 is 0 Å². The fourth-order valence-electron chi connectivity index (χ4n) is 1.25. The lowest BCUT2D eigenvalue weighted by Crippen LogP contribution is -2.13. The van der Waals surface area contributed by atoms with Gasteiger partial charge in [-0.1, -0.05) is 35.9 Å². The first-order chi connectivity index (χ1) is 8.26. The minimum Gasteiger partial charge on any atom is -0.355 e. The Kier molecular flexibility index (Phi) is 5.60. The molecule has 17 heavy (non-hydrogen) atoms. The lowest BCUT2D eigenvalue weighted by atomic mass is 10.2. The molecule has 5 heteroatoms. The van der Waals surface area contributed by atoms with Crippen LogP contribution in [0.3, 0.4) is 0 Å². The van der Waals surface area contributed by atoms with Gasteiger partial charge in [0.25, 0.3) is 0 Å². The molecule has 0 bridgehead atoms. The number of nitrogens with one attached hydrogen (secondary N) is 1. The fourth-order valence-corrected chi connectivity index (χ4v) is 1.25. The van der Waals surface area contributed by atoms with E-state index in [0.29, 0.717) is 19.4 Å². The van der Waals surface area contributed by atoms with Gasteiger partial charge in [0, 0.05) is 20.0 Å². The van der Waals surface area contributed by atoms with Crippen molar-refractivity contribution in [3.63, 3.8) is 0 Å². The number of carbonyl (C=O) groups excluding carboxylic acids is 1. The molecule has 0 unspecified atom stereocenters. The van der Waals surface area contributed by atoms with E-state index in [1.54, 1.807) is 19.3 Å². The molecule has 92 valence electrons. The molecule has 0 aromatic rings. The van der Waals surface area contributed by atoms with Crippen LogP contribution in [0.4, 0.5) is 0 Å². The second-order valence-corrected chi connectivity index (χ2v) is 3.38. The smallest absolute Gasteiger partial charge is 0.207 e. The van der Waals surface area contributed by atoms with Crippen LogP contribution < -0.4 is 5.32 Å². The maximum atomic E-state index is 10.2. The molecule has 0 aliphatic carbocycles. The topological polar surface area (TPSA) is 50.8 Å². The zero-order chi connectivity index (χ0) is 12.5. The molecule has 0 saturated carbocycles. The van der Waals surface area contributed by atoms with E-state index in [1.807, 2.05) is 18.2 Å². The quantitative estimate of drug-likeness (QED) is 0.413. The van der Waals surface area contributed by atoms with Crippen molar-refractivity contribution < 1.29 is 14.7 Å². The third kappa shape index (κ3) is 5.03. The van der Waals surface area contributed by atoms with E-state index in [0.717, 1.165) is 11.3 Å². The van der Waals surface area contributed by atoms with Crippen molar-refractivity contribution in [1.29, 1.82) is 0 Å². The van der Waals surface area contributed by atoms with Gasteiger partial charge in [-0.05, 0) is 5.57 Å². The summed E-state index contributed by atoms with van der Waals surface area (Å²) in [5.74, 6) is 0.727. The highest BCUT2D eigenvalue weighted by atomic mass is 17.3. The van der Waals surface area contributed by atoms with Crippen LogP contribution in [0, 0.1) is 0 Å². The molecular formula is C12H16N2O3. The Morgan fingerprint density at radius 1 is 1.65 bits per heavy atom. The summed E-state index contributed by atoms with van der Waals surface area (Å²) in [5, 5.41) is 4.08. The van der Waals surface area contributed by atoms with Gasteiger partial charge in [0.1, 0.15) is 0 Å². The number of hydroxylamine groups is 2. The highest BCUT2D eigenvalue weighted by molar-refractivity contribution is 5.47. The molecule has 5 nitrogen and oxygen atoms in total. The number of amides is 1. The average molecular weight is 236 g/mol. The highest BCUT2D eigenvalue weighted by Gasteiger charge is 2.09. The molecule has 1 aliphatic heterocycles. The van der Waals surface area contributed by atoms with Gasteiger partial charge in [-0.25, -0.2) is 5.06 Å². The first kappa shape index (κ1) is 13.1. The third-order valence-corrected chi connectivity index (χ3v) is 1.96. The van der Waals surface area contributed by atoms with E-state index in [9.17, 15) is 4.79 Å². The van der Waals surface area contributed by atoms with Gasteiger partial charge in [-0.15, -0.1) is 0 Å². The minimum absolute atomic E-state index is 0.475. The molecule has 0 radical (unpaired) electrons. The molecule has 1 N–H and O–H groups in total. The van der Waals surface area contributed by atoms with Gasteiger partial charge in [-0.3, -0.25) is 4.79 Å². The van der Waals surface area contributed by atoms with Crippen LogP contribution in [0.15, 0.2) is 48.4 Å². The highest BCUT2D eigenvalue weighted by Crippen LogP contribution is 2.14. The van der Waals surface area contributed by atoms with Crippen molar-refractivity contribution in [3.8, 4) is 0 Å². The average Bonchev–Trinajstić information content (AvgIpc) is 2.72.